The van der Waals surface area contributed by atoms with Gasteiger partial charge in [-0.1, -0.05) is 11.6 Å². The summed E-state index contributed by atoms with van der Waals surface area (Å²) >= 11 is 5.92. The molecule has 3 N–H and O–H groups in total. The molecule has 0 fully saturated rings. The Hall–Kier alpha value is -4.15. The minimum absolute atomic E-state index is 0.0726. The van der Waals surface area contributed by atoms with Gasteiger partial charge < -0.3 is 10.8 Å². The van der Waals surface area contributed by atoms with E-state index < -0.39 is 11.5 Å². The lowest BCUT2D eigenvalue weighted by atomic mass is 9.99. The lowest BCUT2D eigenvalue weighted by Gasteiger charge is -2.13. The van der Waals surface area contributed by atoms with Crippen LogP contribution in [-0.4, -0.2) is 34.2 Å². The number of nitrogens with zero attached hydrogens (tertiary/aromatic N) is 6. The van der Waals surface area contributed by atoms with Crippen molar-refractivity contribution in [3.8, 4) is 22.4 Å². The fraction of sp³-hybridized carbons (Fsp3) is 0.125. The zero-order chi connectivity index (χ0) is 24.7. The average Bonchev–Trinajstić information content (AvgIpc) is 3.16. The van der Waals surface area contributed by atoms with Crippen LogP contribution in [0.5, 0.6) is 0 Å². The Bertz CT molecular complexity index is 1610. The topological polar surface area (TPSA) is 124 Å². The first kappa shape index (κ1) is 22.6. The molecular formula is C24H19ClFN7O2. The van der Waals surface area contributed by atoms with Gasteiger partial charge in [0, 0.05) is 17.5 Å². The van der Waals surface area contributed by atoms with Crippen molar-refractivity contribution in [2.45, 2.75) is 20.1 Å². The van der Waals surface area contributed by atoms with E-state index >= 15 is 0 Å². The maximum atomic E-state index is 13.6. The SMILES string of the molecule is Cc1cc(-c2c(-c3ccc(F)cc3)nc(N)n3c(=O)n(Cc4ccc(Cl)cn4)nc23)cc(CO)n1. The molecule has 0 unspecified atom stereocenters. The normalized spacial score (nSPS) is 11.3. The number of nitrogens with two attached hydrogens (primary N) is 1. The highest BCUT2D eigenvalue weighted by Gasteiger charge is 2.22. The number of rotatable bonds is 5. The Morgan fingerprint density at radius 1 is 1.06 bits per heavy atom. The molecular weight excluding hydrogens is 473 g/mol. The second-order valence-corrected chi connectivity index (χ2v) is 8.35. The van der Waals surface area contributed by atoms with E-state index in [1.54, 1.807) is 43.3 Å². The molecule has 0 spiro atoms. The average molecular weight is 492 g/mol. The van der Waals surface area contributed by atoms with Gasteiger partial charge >= 0.3 is 5.69 Å². The summed E-state index contributed by atoms with van der Waals surface area (Å²) in [6.45, 7) is 1.60. The van der Waals surface area contributed by atoms with Gasteiger partial charge in [0.05, 0.1) is 40.8 Å². The number of aliphatic hydroxyl groups is 1. The van der Waals surface area contributed by atoms with Crippen LogP contribution in [0.15, 0.2) is 59.5 Å². The fourth-order valence-corrected chi connectivity index (χ4v) is 4.02. The van der Waals surface area contributed by atoms with Crippen molar-refractivity contribution in [1.29, 1.82) is 0 Å². The van der Waals surface area contributed by atoms with Crippen LogP contribution in [0.25, 0.3) is 28.0 Å². The molecule has 0 aliphatic rings. The number of aryl methyl sites for hydroxylation is 1. The molecule has 4 aromatic heterocycles. The molecule has 0 bridgehead atoms. The van der Waals surface area contributed by atoms with Crippen LogP contribution in [0, 0.1) is 12.7 Å². The lowest BCUT2D eigenvalue weighted by molar-refractivity contribution is 0.276. The van der Waals surface area contributed by atoms with Gasteiger partial charge in [0.25, 0.3) is 0 Å². The monoisotopic (exact) mass is 491 g/mol. The van der Waals surface area contributed by atoms with Crippen molar-refractivity contribution in [3.05, 3.63) is 93.1 Å². The number of aliphatic hydroxyl groups excluding tert-OH is 1. The smallest absolute Gasteiger partial charge is 0.353 e. The Morgan fingerprint density at radius 2 is 1.83 bits per heavy atom. The number of hydrogen-bond donors (Lipinski definition) is 2. The van der Waals surface area contributed by atoms with Crippen molar-refractivity contribution < 1.29 is 9.50 Å². The van der Waals surface area contributed by atoms with E-state index in [1.807, 2.05) is 0 Å². The molecule has 0 saturated heterocycles. The number of pyridine rings is 2. The standard InChI is InChI=1S/C24H19ClFN7O2/c1-13-8-15(9-19(12-34)29-13)20-21(14-2-5-17(26)6-3-14)30-23(27)33-22(20)31-32(24(33)35)11-18-7-4-16(25)10-28-18/h2-10,34H,11-12H2,1H3,(H2,27,30). The van der Waals surface area contributed by atoms with E-state index in [1.165, 1.54) is 27.4 Å². The highest BCUT2D eigenvalue weighted by Crippen LogP contribution is 2.35. The van der Waals surface area contributed by atoms with E-state index in [2.05, 4.69) is 20.1 Å². The molecule has 4 heterocycles. The van der Waals surface area contributed by atoms with Crippen LogP contribution >= 0.6 is 11.6 Å². The Kier molecular flexibility index (Phi) is 5.75. The summed E-state index contributed by atoms with van der Waals surface area (Å²) in [6.07, 6.45) is 1.49. The van der Waals surface area contributed by atoms with Crippen molar-refractivity contribution in [2.24, 2.45) is 0 Å². The second-order valence-electron chi connectivity index (χ2n) is 7.91. The summed E-state index contributed by atoms with van der Waals surface area (Å²) in [4.78, 5) is 26.3. The molecule has 0 aliphatic carbocycles. The summed E-state index contributed by atoms with van der Waals surface area (Å²) in [5, 5.41) is 14.8. The molecule has 0 amide bonds. The van der Waals surface area contributed by atoms with Crippen LogP contribution in [0.2, 0.25) is 5.02 Å². The van der Waals surface area contributed by atoms with Crippen LogP contribution in [0.1, 0.15) is 17.1 Å². The molecule has 5 rings (SSSR count). The number of nitrogen functional groups attached to an aromatic ring is 1. The first-order valence-electron chi connectivity index (χ1n) is 10.6. The largest absolute Gasteiger partial charge is 0.390 e. The van der Waals surface area contributed by atoms with Gasteiger partial charge in [-0.05, 0) is 61.0 Å². The van der Waals surface area contributed by atoms with Crippen molar-refractivity contribution in [3.63, 3.8) is 0 Å². The lowest BCUT2D eigenvalue weighted by Crippen LogP contribution is -2.24. The predicted molar refractivity (Wildman–Crippen MR) is 129 cm³/mol. The third-order valence-corrected chi connectivity index (χ3v) is 5.65. The van der Waals surface area contributed by atoms with Crippen molar-refractivity contribution in [2.75, 3.05) is 5.73 Å². The molecule has 35 heavy (non-hydrogen) atoms. The minimum atomic E-state index is -0.498. The third-order valence-electron chi connectivity index (χ3n) is 5.43. The first-order chi connectivity index (χ1) is 16.8. The van der Waals surface area contributed by atoms with Crippen LogP contribution in [0.3, 0.4) is 0 Å². The van der Waals surface area contributed by atoms with E-state index in [4.69, 9.17) is 17.3 Å². The van der Waals surface area contributed by atoms with E-state index in [-0.39, 0.29) is 24.7 Å². The highest BCUT2D eigenvalue weighted by molar-refractivity contribution is 6.30. The molecule has 11 heteroatoms. The van der Waals surface area contributed by atoms with Gasteiger partial charge in [0.15, 0.2) is 5.65 Å². The molecule has 0 radical (unpaired) electrons. The number of aromatic nitrogens is 6. The Morgan fingerprint density at radius 3 is 2.51 bits per heavy atom. The van der Waals surface area contributed by atoms with Gasteiger partial charge in [-0.2, -0.15) is 0 Å². The number of hydrogen-bond acceptors (Lipinski definition) is 7. The predicted octanol–water partition coefficient (Wildman–Crippen LogP) is 3.24. The maximum absolute atomic E-state index is 13.6. The maximum Gasteiger partial charge on any atom is 0.353 e. The van der Waals surface area contributed by atoms with Crippen LogP contribution < -0.4 is 11.4 Å². The van der Waals surface area contributed by atoms with E-state index in [0.717, 1.165) is 0 Å². The number of anilines is 1. The van der Waals surface area contributed by atoms with E-state index in [9.17, 15) is 14.3 Å². The molecule has 9 nitrogen and oxygen atoms in total. The number of halogens is 2. The molecule has 1 aromatic carbocycles. The molecule has 0 aliphatic heterocycles. The van der Waals surface area contributed by atoms with E-state index in [0.29, 0.717) is 44.5 Å². The van der Waals surface area contributed by atoms with Crippen LogP contribution in [0.4, 0.5) is 10.3 Å². The highest BCUT2D eigenvalue weighted by atomic mass is 35.5. The van der Waals surface area contributed by atoms with Gasteiger partial charge in [-0.25, -0.2) is 23.3 Å². The molecule has 5 aromatic rings. The zero-order valence-corrected chi connectivity index (χ0v) is 19.2. The fourth-order valence-electron chi connectivity index (χ4n) is 3.90. The van der Waals surface area contributed by atoms with Gasteiger partial charge in [0.1, 0.15) is 5.82 Å². The van der Waals surface area contributed by atoms with Gasteiger partial charge in [-0.3, -0.25) is 9.97 Å². The first-order valence-corrected chi connectivity index (χ1v) is 11.0. The summed E-state index contributed by atoms with van der Waals surface area (Å²) in [5.41, 5.74) is 9.75. The third kappa shape index (κ3) is 4.25. The van der Waals surface area contributed by atoms with Crippen LogP contribution in [-0.2, 0) is 13.2 Å². The summed E-state index contributed by atoms with van der Waals surface area (Å²) in [6, 6.07) is 12.6. The number of benzene rings is 1. The van der Waals surface area contributed by atoms with Crippen molar-refractivity contribution in [1.82, 2.24) is 29.1 Å². The molecule has 0 atom stereocenters. The quantitative estimate of drug-likeness (QED) is 0.386. The number of fused-ring (bicyclic) bond motifs is 1. The van der Waals surface area contributed by atoms with Gasteiger partial charge in [0.2, 0.25) is 5.95 Å². The summed E-state index contributed by atoms with van der Waals surface area (Å²) in [7, 11) is 0. The molecule has 0 saturated carbocycles. The van der Waals surface area contributed by atoms with Gasteiger partial charge in [-0.15, -0.1) is 5.10 Å². The second kappa shape index (κ2) is 8.90. The van der Waals surface area contributed by atoms with Crippen molar-refractivity contribution >= 4 is 23.2 Å². The minimum Gasteiger partial charge on any atom is -0.390 e. The summed E-state index contributed by atoms with van der Waals surface area (Å²) < 4.78 is 16.1. The zero-order valence-electron chi connectivity index (χ0n) is 18.5. The summed E-state index contributed by atoms with van der Waals surface area (Å²) in [5.74, 6) is -0.473. The molecule has 176 valence electrons. The Balaban J connectivity index is 1.81. The Labute approximate surface area is 203 Å².